The Morgan fingerprint density at radius 2 is 1.79 bits per heavy atom. The van der Waals surface area contributed by atoms with Crippen LogP contribution in [0, 0.1) is 6.92 Å². The van der Waals surface area contributed by atoms with E-state index in [-0.39, 0.29) is 15.5 Å². The Bertz CT molecular complexity index is 989. The standard InChI is InChI=1S/C18H19NO4S/c1-12-9-15-16(23-12)10-13(11-19(2)3)17(20)18(15)24(21,22)14-7-5-4-6-8-14/h4-10,20H,11H2,1-3H3. The molecule has 126 valence electrons. The van der Waals surface area contributed by atoms with Crippen LogP contribution in [0.5, 0.6) is 5.75 Å². The van der Waals surface area contributed by atoms with E-state index in [1.165, 1.54) is 12.1 Å². The van der Waals surface area contributed by atoms with Gasteiger partial charge in [-0.2, -0.15) is 0 Å². The van der Waals surface area contributed by atoms with Crippen molar-refractivity contribution in [1.82, 2.24) is 4.90 Å². The number of benzene rings is 2. The largest absolute Gasteiger partial charge is 0.506 e. The van der Waals surface area contributed by atoms with Crippen molar-refractivity contribution in [3.05, 3.63) is 53.8 Å². The van der Waals surface area contributed by atoms with Crippen molar-refractivity contribution in [2.24, 2.45) is 0 Å². The van der Waals surface area contributed by atoms with Gasteiger partial charge in [0.15, 0.2) is 0 Å². The third kappa shape index (κ3) is 2.79. The summed E-state index contributed by atoms with van der Waals surface area (Å²) in [6, 6.07) is 11.4. The molecule has 6 heteroatoms. The van der Waals surface area contributed by atoms with Crippen LogP contribution in [-0.4, -0.2) is 32.5 Å². The molecule has 5 nitrogen and oxygen atoms in total. The molecule has 0 radical (unpaired) electrons. The van der Waals surface area contributed by atoms with Crippen LogP contribution in [0.3, 0.4) is 0 Å². The highest BCUT2D eigenvalue weighted by Crippen LogP contribution is 2.39. The lowest BCUT2D eigenvalue weighted by Crippen LogP contribution is -2.12. The van der Waals surface area contributed by atoms with Crippen LogP contribution in [0.1, 0.15) is 11.3 Å². The number of nitrogens with zero attached hydrogens (tertiary/aromatic N) is 1. The molecule has 0 aliphatic carbocycles. The van der Waals surface area contributed by atoms with E-state index < -0.39 is 9.84 Å². The van der Waals surface area contributed by atoms with Crippen LogP contribution < -0.4 is 0 Å². The van der Waals surface area contributed by atoms with Crippen molar-refractivity contribution in [2.45, 2.75) is 23.3 Å². The maximum atomic E-state index is 13.1. The van der Waals surface area contributed by atoms with E-state index >= 15 is 0 Å². The van der Waals surface area contributed by atoms with E-state index in [9.17, 15) is 13.5 Å². The molecule has 1 aromatic heterocycles. The fourth-order valence-corrected chi connectivity index (χ4v) is 4.35. The lowest BCUT2D eigenvalue weighted by Gasteiger charge is -2.15. The lowest BCUT2D eigenvalue weighted by molar-refractivity contribution is 0.382. The Morgan fingerprint density at radius 3 is 2.42 bits per heavy atom. The van der Waals surface area contributed by atoms with Crippen molar-refractivity contribution >= 4 is 20.8 Å². The molecule has 0 bridgehead atoms. The minimum atomic E-state index is -3.87. The fraction of sp³-hybridized carbons (Fsp3) is 0.222. The molecule has 1 heterocycles. The first-order valence-corrected chi connectivity index (χ1v) is 8.99. The Labute approximate surface area is 141 Å². The summed E-state index contributed by atoms with van der Waals surface area (Å²) in [5, 5.41) is 11.1. The molecule has 0 saturated heterocycles. The van der Waals surface area contributed by atoms with Gasteiger partial charge >= 0.3 is 0 Å². The molecule has 3 aromatic rings. The smallest absolute Gasteiger partial charge is 0.210 e. The van der Waals surface area contributed by atoms with E-state index in [2.05, 4.69) is 0 Å². The number of sulfone groups is 1. The summed E-state index contributed by atoms with van der Waals surface area (Å²) in [7, 11) is -0.171. The molecule has 0 aliphatic rings. The monoisotopic (exact) mass is 345 g/mol. The fourth-order valence-electron chi connectivity index (χ4n) is 2.77. The molecular weight excluding hydrogens is 326 g/mol. The number of hydrogen-bond donors (Lipinski definition) is 1. The molecule has 0 amide bonds. The summed E-state index contributed by atoms with van der Waals surface area (Å²) in [5.41, 5.74) is 0.966. The average molecular weight is 345 g/mol. The summed E-state index contributed by atoms with van der Waals surface area (Å²) >= 11 is 0. The minimum absolute atomic E-state index is 0.0973. The molecule has 0 unspecified atom stereocenters. The SMILES string of the molecule is Cc1cc2c(S(=O)(=O)c3ccccc3)c(O)c(CN(C)C)cc2o1. The lowest BCUT2D eigenvalue weighted by atomic mass is 10.1. The summed E-state index contributed by atoms with van der Waals surface area (Å²) in [6.07, 6.45) is 0. The van der Waals surface area contributed by atoms with Gasteiger partial charge in [0.25, 0.3) is 0 Å². The highest BCUT2D eigenvalue weighted by atomic mass is 32.2. The number of aromatic hydroxyl groups is 1. The van der Waals surface area contributed by atoms with E-state index in [0.717, 1.165) is 0 Å². The van der Waals surface area contributed by atoms with Crippen LogP contribution in [-0.2, 0) is 16.4 Å². The first-order valence-electron chi connectivity index (χ1n) is 7.50. The predicted octanol–water partition coefficient (Wildman–Crippen LogP) is 3.34. The van der Waals surface area contributed by atoms with Gasteiger partial charge < -0.3 is 14.4 Å². The molecule has 2 aromatic carbocycles. The summed E-state index contributed by atoms with van der Waals surface area (Å²) in [4.78, 5) is 1.90. The average Bonchev–Trinajstić information content (AvgIpc) is 2.87. The summed E-state index contributed by atoms with van der Waals surface area (Å²) in [5.74, 6) is 0.372. The number of phenolic OH excluding ortho intramolecular Hbond substituents is 1. The number of aryl methyl sites for hydroxylation is 1. The number of phenols is 1. The maximum absolute atomic E-state index is 13.1. The highest BCUT2D eigenvalue weighted by Gasteiger charge is 2.28. The van der Waals surface area contributed by atoms with Crippen molar-refractivity contribution in [3.8, 4) is 5.75 Å². The quantitative estimate of drug-likeness (QED) is 0.785. The zero-order valence-electron chi connectivity index (χ0n) is 13.8. The Balaban J connectivity index is 2.35. The second-order valence-electron chi connectivity index (χ2n) is 6.04. The van der Waals surface area contributed by atoms with Crippen molar-refractivity contribution in [1.29, 1.82) is 0 Å². The van der Waals surface area contributed by atoms with E-state index in [1.54, 1.807) is 37.3 Å². The summed E-state index contributed by atoms with van der Waals surface area (Å²) < 4.78 is 31.8. The van der Waals surface area contributed by atoms with Crippen LogP contribution in [0.2, 0.25) is 0 Å². The highest BCUT2D eigenvalue weighted by molar-refractivity contribution is 7.91. The third-order valence-electron chi connectivity index (χ3n) is 3.76. The van der Waals surface area contributed by atoms with Crippen LogP contribution in [0.4, 0.5) is 0 Å². The van der Waals surface area contributed by atoms with Crippen molar-refractivity contribution < 1.29 is 17.9 Å². The molecule has 0 spiro atoms. The normalized spacial score (nSPS) is 12.2. The molecule has 24 heavy (non-hydrogen) atoms. The van der Waals surface area contributed by atoms with Gasteiger partial charge in [-0.25, -0.2) is 8.42 Å². The molecule has 0 saturated carbocycles. The second kappa shape index (κ2) is 5.96. The third-order valence-corrected chi connectivity index (χ3v) is 5.61. The van der Waals surface area contributed by atoms with Gasteiger partial charge in [0.2, 0.25) is 9.84 Å². The van der Waals surface area contributed by atoms with E-state index in [0.29, 0.717) is 28.8 Å². The van der Waals surface area contributed by atoms with Gasteiger partial charge in [0.1, 0.15) is 22.0 Å². The Kier molecular flexibility index (Phi) is 4.11. The van der Waals surface area contributed by atoms with Gasteiger partial charge in [0.05, 0.1) is 4.90 Å². The van der Waals surface area contributed by atoms with Crippen molar-refractivity contribution in [3.63, 3.8) is 0 Å². The topological polar surface area (TPSA) is 70.8 Å². The Morgan fingerprint density at radius 1 is 1.12 bits per heavy atom. The first kappa shape index (κ1) is 16.5. The molecule has 0 fully saturated rings. The molecule has 1 N–H and O–H groups in total. The number of fused-ring (bicyclic) bond motifs is 1. The molecule has 0 aliphatic heterocycles. The Hall–Kier alpha value is -2.31. The van der Waals surface area contributed by atoms with E-state index in [1.807, 2.05) is 19.0 Å². The first-order chi connectivity index (χ1) is 11.3. The zero-order valence-corrected chi connectivity index (χ0v) is 14.6. The second-order valence-corrected chi connectivity index (χ2v) is 7.92. The molecule has 3 rings (SSSR count). The van der Waals surface area contributed by atoms with Gasteiger partial charge in [-0.05, 0) is 45.3 Å². The van der Waals surface area contributed by atoms with Crippen LogP contribution >= 0.6 is 0 Å². The van der Waals surface area contributed by atoms with Gasteiger partial charge in [-0.3, -0.25) is 0 Å². The molecule has 0 atom stereocenters. The maximum Gasteiger partial charge on any atom is 0.210 e. The summed E-state index contributed by atoms with van der Waals surface area (Å²) in [6.45, 7) is 2.15. The van der Waals surface area contributed by atoms with Crippen LogP contribution in [0.15, 0.2) is 56.7 Å². The van der Waals surface area contributed by atoms with Gasteiger partial charge in [-0.1, -0.05) is 18.2 Å². The van der Waals surface area contributed by atoms with Crippen LogP contribution in [0.25, 0.3) is 11.0 Å². The zero-order chi connectivity index (χ0) is 17.5. The predicted molar refractivity (Wildman–Crippen MR) is 91.9 cm³/mol. The number of furan rings is 1. The van der Waals surface area contributed by atoms with Crippen molar-refractivity contribution in [2.75, 3.05) is 14.1 Å². The van der Waals surface area contributed by atoms with Gasteiger partial charge in [-0.15, -0.1) is 0 Å². The van der Waals surface area contributed by atoms with E-state index in [4.69, 9.17) is 4.42 Å². The molecular formula is C18H19NO4S. The number of hydrogen-bond acceptors (Lipinski definition) is 5. The van der Waals surface area contributed by atoms with Gasteiger partial charge in [0, 0.05) is 17.5 Å². The minimum Gasteiger partial charge on any atom is -0.506 e. The number of rotatable bonds is 4.